The van der Waals surface area contributed by atoms with E-state index >= 15 is 0 Å². The van der Waals surface area contributed by atoms with Crippen LogP contribution in [0.15, 0.2) is 24.5 Å². The fourth-order valence-electron chi connectivity index (χ4n) is 3.40. The van der Waals surface area contributed by atoms with E-state index in [-0.39, 0.29) is 24.6 Å². The largest absolute Gasteiger partial charge is 0.393 e. The van der Waals surface area contributed by atoms with Gasteiger partial charge in [-0.2, -0.15) is 5.10 Å². The molecule has 0 radical (unpaired) electrons. The zero-order chi connectivity index (χ0) is 18.0. The van der Waals surface area contributed by atoms with Crippen LogP contribution in [-0.2, 0) is 17.8 Å². The van der Waals surface area contributed by atoms with Gasteiger partial charge in [0, 0.05) is 24.1 Å². The van der Waals surface area contributed by atoms with Crippen LogP contribution in [0.3, 0.4) is 0 Å². The Morgan fingerprint density at radius 2 is 2.00 bits per heavy atom. The summed E-state index contributed by atoms with van der Waals surface area (Å²) in [4.78, 5) is 16.6. The Bertz CT molecular complexity index is 735. The summed E-state index contributed by atoms with van der Waals surface area (Å²) < 4.78 is 1.76. The lowest BCUT2D eigenvalue weighted by molar-refractivity contribution is -0.123. The van der Waals surface area contributed by atoms with Gasteiger partial charge in [0.15, 0.2) is 0 Å². The number of nitrogens with one attached hydrogen (secondary N) is 1. The molecule has 3 rings (SSSR count). The molecule has 2 aromatic rings. The number of amides is 1. The van der Waals surface area contributed by atoms with Crippen LogP contribution in [0.1, 0.15) is 35.4 Å². The van der Waals surface area contributed by atoms with E-state index in [4.69, 9.17) is 0 Å². The topological polar surface area (TPSA) is 80.0 Å². The van der Waals surface area contributed by atoms with E-state index in [2.05, 4.69) is 15.4 Å². The van der Waals surface area contributed by atoms with Gasteiger partial charge in [-0.15, -0.1) is 0 Å². The molecule has 0 aromatic carbocycles. The van der Waals surface area contributed by atoms with Crippen LogP contribution in [-0.4, -0.2) is 37.9 Å². The van der Waals surface area contributed by atoms with Gasteiger partial charge in [0.1, 0.15) is 6.54 Å². The van der Waals surface area contributed by atoms with E-state index in [1.165, 1.54) is 0 Å². The van der Waals surface area contributed by atoms with E-state index in [0.717, 1.165) is 41.8 Å². The van der Waals surface area contributed by atoms with E-state index in [1.807, 2.05) is 32.9 Å². The highest BCUT2D eigenvalue weighted by Crippen LogP contribution is 2.31. The fraction of sp³-hybridized carbons (Fsp3) is 0.526. The van der Waals surface area contributed by atoms with Gasteiger partial charge in [0.25, 0.3) is 0 Å². The first-order valence-corrected chi connectivity index (χ1v) is 8.81. The number of carbonyl (C=O) groups is 1. The van der Waals surface area contributed by atoms with Crippen LogP contribution >= 0.6 is 0 Å². The number of aliphatic hydroxyl groups excluding tert-OH is 1. The van der Waals surface area contributed by atoms with Crippen molar-refractivity contribution in [3.63, 3.8) is 0 Å². The second kappa shape index (κ2) is 7.35. The van der Waals surface area contributed by atoms with Crippen molar-refractivity contribution in [3.8, 4) is 0 Å². The number of hydrogen-bond donors (Lipinski definition) is 2. The summed E-state index contributed by atoms with van der Waals surface area (Å²) in [6.07, 6.45) is 5.54. The second-order valence-corrected chi connectivity index (χ2v) is 7.07. The average Bonchev–Trinajstić information content (AvgIpc) is 2.79. The van der Waals surface area contributed by atoms with Crippen molar-refractivity contribution in [2.24, 2.45) is 5.92 Å². The molecule has 2 N–H and O–H groups in total. The molecular weight excluding hydrogens is 316 g/mol. The highest BCUT2D eigenvalue weighted by molar-refractivity contribution is 5.76. The predicted octanol–water partition coefficient (Wildman–Crippen LogP) is 1.70. The number of pyridine rings is 1. The Kier molecular flexibility index (Phi) is 5.18. The first-order valence-electron chi connectivity index (χ1n) is 8.81. The number of rotatable bonds is 6. The SMILES string of the molecule is Cc1nn(CC(=O)NC(Cc2ccncc2)C2CC(O)C2)c(C)c1C. The minimum atomic E-state index is -0.236. The third-order valence-electron chi connectivity index (χ3n) is 5.31. The Morgan fingerprint density at radius 1 is 1.32 bits per heavy atom. The van der Waals surface area contributed by atoms with Crippen LogP contribution in [0.4, 0.5) is 0 Å². The molecule has 1 unspecified atom stereocenters. The summed E-state index contributed by atoms with van der Waals surface area (Å²) in [6, 6.07) is 3.97. The van der Waals surface area contributed by atoms with Gasteiger partial charge < -0.3 is 10.4 Å². The minimum absolute atomic E-state index is 0.0244. The van der Waals surface area contributed by atoms with Gasteiger partial charge in [-0.05, 0) is 69.2 Å². The molecule has 0 bridgehead atoms. The molecule has 2 aromatic heterocycles. The van der Waals surface area contributed by atoms with Crippen molar-refractivity contribution in [1.29, 1.82) is 0 Å². The molecule has 0 spiro atoms. The molecule has 6 heteroatoms. The van der Waals surface area contributed by atoms with Crippen molar-refractivity contribution in [2.75, 3.05) is 0 Å². The van der Waals surface area contributed by atoms with E-state index in [9.17, 15) is 9.90 Å². The molecule has 0 aliphatic heterocycles. The maximum absolute atomic E-state index is 12.6. The zero-order valence-corrected chi connectivity index (χ0v) is 15.1. The lowest BCUT2D eigenvalue weighted by atomic mass is 9.75. The molecule has 1 atom stereocenters. The maximum atomic E-state index is 12.6. The summed E-state index contributed by atoms with van der Waals surface area (Å²) in [6.45, 7) is 6.19. The summed E-state index contributed by atoms with van der Waals surface area (Å²) in [7, 11) is 0. The Balaban J connectivity index is 1.66. The highest BCUT2D eigenvalue weighted by atomic mass is 16.3. The highest BCUT2D eigenvalue weighted by Gasteiger charge is 2.34. The second-order valence-electron chi connectivity index (χ2n) is 7.07. The maximum Gasteiger partial charge on any atom is 0.241 e. The molecule has 134 valence electrons. The average molecular weight is 342 g/mol. The number of nitrogens with zero attached hydrogens (tertiary/aromatic N) is 3. The molecule has 25 heavy (non-hydrogen) atoms. The van der Waals surface area contributed by atoms with E-state index < -0.39 is 0 Å². The smallest absolute Gasteiger partial charge is 0.241 e. The third-order valence-corrected chi connectivity index (χ3v) is 5.31. The summed E-state index contributed by atoms with van der Waals surface area (Å²) in [5.41, 5.74) is 4.25. The van der Waals surface area contributed by atoms with Crippen molar-refractivity contribution in [2.45, 2.75) is 58.7 Å². The minimum Gasteiger partial charge on any atom is -0.393 e. The molecule has 1 fully saturated rings. The molecule has 1 aliphatic carbocycles. The van der Waals surface area contributed by atoms with Crippen molar-refractivity contribution >= 4 is 5.91 Å². The first-order chi connectivity index (χ1) is 11.9. The molecule has 2 heterocycles. The van der Waals surface area contributed by atoms with Gasteiger partial charge >= 0.3 is 0 Å². The number of hydrogen-bond acceptors (Lipinski definition) is 4. The lowest BCUT2D eigenvalue weighted by Crippen LogP contribution is -2.49. The number of aliphatic hydroxyl groups is 1. The quantitative estimate of drug-likeness (QED) is 0.837. The van der Waals surface area contributed by atoms with Gasteiger partial charge in [-0.25, -0.2) is 0 Å². The van der Waals surface area contributed by atoms with Gasteiger partial charge in [0.2, 0.25) is 5.91 Å². The Morgan fingerprint density at radius 3 is 2.56 bits per heavy atom. The Labute approximate surface area is 148 Å². The monoisotopic (exact) mass is 342 g/mol. The van der Waals surface area contributed by atoms with Crippen LogP contribution in [0.5, 0.6) is 0 Å². The summed E-state index contributed by atoms with van der Waals surface area (Å²) >= 11 is 0. The van der Waals surface area contributed by atoms with Crippen LogP contribution in [0.2, 0.25) is 0 Å². The summed E-state index contributed by atoms with van der Waals surface area (Å²) in [5.74, 6) is 0.278. The lowest BCUT2D eigenvalue weighted by Gasteiger charge is -2.38. The van der Waals surface area contributed by atoms with E-state index in [1.54, 1.807) is 17.1 Å². The Hall–Kier alpha value is -2.21. The van der Waals surface area contributed by atoms with Gasteiger partial charge in [-0.3, -0.25) is 14.5 Å². The zero-order valence-electron chi connectivity index (χ0n) is 15.1. The molecule has 0 saturated heterocycles. The molecule has 1 saturated carbocycles. The van der Waals surface area contributed by atoms with Crippen molar-refractivity contribution < 1.29 is 9.90 Å². The van der Waals surface area contributed by atoms with Gasteiger partial charge in [-0.1, -0.05) is 0 Å². The molecule has 1 amide bonds. The fourth-order valence-corrected chi connectivity index (χ4v) is 3.40. The first kappa shape index (κ1) is 17.6. The third kappa shape index (κ3) is 4.07. The van der Waals surface area contributed by atoms with Gasteiger partial charge in [0.05, 0.1) is 11.8 Å². The van der Waals surface area contributed by atoms with Crippen LogP contribution < -0.4 is 5.32 Å². The molecular formula is C19H26N4O2. The van der Waals surface area contributed by atoms with Crippen molar-refractivity contribution in [3.05, 3.63) is 47.0 Å². The molecule has 6 nitrogen and oxygen atoms in total. The number of aromatic nitrogens is 3. The normalized spacial score (nSPS) is 20.8. The number of carbonyl (C=O) groups excluding carboxylic acids is 1. The van der Waals surface area contributed by atoms with Crippen LogP contribution in [0, 0.1) is 26.7 Å². The van der Waals surface area contributed by atoms with E-state index in [0.29, 0.717) is 5.92 Å². The van der Waals surface area contributed by atoms with Crippen LogP contribution in [0.25, 0.3) is 0 Å². The number of aryl methyl sites for hydroxylation is 1. The van der Waals surface area contributed by atoms with Crippen molar-refractivity contribution in [1.82, 2.24) is 20.1 Å². The standard InChI is InChI=1S/C19H26N4O2/c1-12-13(2)22-23(14(12)3)11-19(25)21-18(16-9-17(24)10-16)8-15-4-6-20-7-5-15/h4-7,16-18,24H,8-11H2,1-3H3,(H,21,25). The predicted molar refractivity (Wildman–Crippen MR) is 95.0 cm³/mol. The summed E-state index contributed by atoms with van der Waals surface area (Å²) in [5, 5.41) is 17.2. The molecule has 1 aliphatic rings.